The van der Waals surface area contributed by atoms with Crippen LogP contribution in [-0.2, 0) is 26.6 Å². The van der Waals surface area contributed by atoms with Gasteiger partial charge in [-0.3, -0.25) is 4.68 Å². The van der Waals surface area contributed by atoms with Gasteiger partial charge in [0, 0.05) is 13.6 Å². The quantitative estimate of drug-likeness (QED) is 0.920. The van der Waals surface area contributed by atoms with E-state index in [2.05, 4.69) is 28.0 Å². The summed E-state index contributed by atoms with van der Waals surface area (Å²) in [7, 11) is 1.93. The van der Waals surface area contributed by atoms with Crippen molar-refractivity contribution < 1.29 is 4.74 Å². The van der Waals surface area contributed by atoms with Crippen LogP contribution in [0.3, 0.4) is 0 Å². The van der Waals surface area contributed by atoms with Crippen molar-refractivity contribution in [2.75, 3.05) is 0 Å². The summed E-state index contributed by atoms with van der Waals surface area (Å²) in [4.78, 5) is 0. The first-order valence-electron chi connectivity index (χ1n) is 6.27. The first-order chi connectivity index (χ1) is 9.15. The predicted octanol–water partition coefficient (Wildman–Crippen LogP) is 2.78. The predicted molar refractivity (Wildman–Crippen MR) is 79.0 cm³/mol. The molecule has 0 aliphatic carbocycles. The van der Waals surface area contributed by atoms with Crippen molar-refractivity contribution in [2.45, 2.75) is 26.5 Å². The molecule has 0 amide bonds. The van der Waals surface area contributed by atoms with Gasteiger partial charge in [-0.25, -0.2) is 0 Å². The summed E-state index contributed by atoms with van der Waals surface area (Å²) in [5.74, 6) is 0.836. The molecule has 5 heteroatoms. The lowest BCUT2D eigenvalue weighted by Gasteiger charge is -2.07. The van der Waals surface area contributed by atoms with Gasteiger partial charge in [0.05, 0.1) is 15.9 Å². The van der Waals surface area contributed by atoms with Crippen molar-refractivity contribution in [1.82, 2.24) is 9.78 Å². The summed E-state index contributed by atoms with van der Waals surface area (Å²) in [6.07, 6.45) is 0.902. The fraction of sp³-hybridized carbons (Fsp3) is 0.357. The van der Waals surface area contributed by atoms with Gasteiger partial charge in [0.25, 0.3) is 0 Å². The van der Waals surface area contributed by atoms with E-state index in [1.54, 1.807) is 0 Å². The van der Waals surface area contributed by atoms with Crippen molar-refractivity contribution in [3.05, 3.63) is 45.7 Å². The van der Waals surface area contributed by atoms with E-state index in [0.29, 0.717) is 13.2 Å². The Morgan fingerprint density at radius 1 is 1.32 bits per heavy atom. The highest BCUT2D eigenvalue weighted by atomic mass is 79.9. The molecule has 0 radical (unpaired) electrons. The molecule has 0 saturated heterocycles. The van der Waals surface area contributed by atoms with Crippen LogP contribution in [0.1, 0.15) is 23.9 Å². The summed E-state index contributed by atoms with van der Waals surface area (Å²) < 4.78 is 8.68. The Balaban J connectivity index is 2.07. The van der Waals surface area contributed by atoms with Crippen molar-refractivity contribution in [3.63, 3.8) is 0 Å². The smallest absolute Gasteiger partial charge is 0.131 e. The molecular weight excluding hydrogens is 306 g/mol. The monoisotopic (exact) mass is 323 g/mol. The normalized spacial score (nSPS) is 10.7. The van der Waals surface area contributed by atoms with Crippen LogP contribution in [0.2, 0.25) is 0 Å². The lowest BCUT2D eigenvalue weighted by molar-refractivity contribution is 0.294. The van der Waals surface area contributed by atoms with Crippen LogP contribution in [0.5, 0.6) is 5.75 Å². The Labute approximate surface area is 121 Å². The number of aryl methyl sites for hydroxylation is 2. The molecule has 1 aromatic carbocycles. The van der Waals surface area contributed by atoms with E-state index < -0.39 is 0 Å². The van der Waals surface area contributed by atoms with E-state index in [1.165, 1.54) is 0 Å². The van der Waals surface area contributed by atoms with Crippen LogP contribution in [-0.4, -0.2) is 9.78 Å². The number of hydrogen-bond donors (Lipinski definition) is 1. The highest BCUT2D eigenvalue weighted by Gasteiger charge is 2.12. The maximum atomic E-state index is 5.78. The number of benzene rings is 1. The summed E-state index contributed by atoms with van der Waals surface area (Å²) in [6, 6.07) is 7.83. The second kappa shape index (κ2) is 6.21. The molecule has 0 aliphatic rings. The van der Waals surface area contributed by atoms with Crippen molar-refractivity contribution in [1.29, 1.82) is 0 Å². The molecule has 1 heterocycles. The SMILES string of the molecule is CCc1nn(C)c(COc2ccc(CN)cc2)c1Br. The molecule has 102 valence electrons. The van der Waals surface area contributed by atoms with E-state index in [-0.39, 0.29) is 0 Å². The second-order valence-corrected chi connectivity index (χ2v) is 5.11. The molecule has 2 rings (SSSR count). The highest BCUT2D eigenvalue weighted by Crippen LogP contribution is 2.23. The Morgan fingerprint density at radius 3 is 2.53 bits per heavy atom. The number of nitrogens with zero attached hydrogens (tertiary/aromatic N) is 2. The Kier molecular flexibility index (Phi) is 4.61. The van der Waals surface area contributed by atoms with E-state index in [1.807, 2.05) is 36.0 Å². The third kappa shape index (κ3) is 3.16. The lowest BCUT2D eigenvalue weighted by Crippen LogP contribution is -2.04. The fourth-order valence-electron chi connectivity index (χ4n) is 1.85. The van der Waals surface area contributed by atoms with Crippen molar-refractivity contribution in [2.24, 2.45) is 12.8 Å². The molecule has 2 aromatic rings. The summed E-state index contributed by atoms with van der Waals surface area (Å²) in [6.45, 7) is 3.13. The topological polar surface area (TPSA) is 53.1 Å². The number of nitrogens with two attached hydrogens (primary N) is 1. The van der Waals surface area contributed by atoms with Gasteiger partial charge in [0.2, 0.25) is 0 Å². The Hall–Kier alpha value is -1.33. The standard InChI is InChI=1S/C14H18BrN3O/c1-3-12-14(15)13(18(2)17-12)9-19-11-6-4-10(8-16)5-7-11/h4-7H,3,8-9,16H2,1-2H3. The van der Waals surface area contributed by atoms with Gasteiger partial charge in [0.15, 0.2) is 0 Å². The summed E-state index contributed by atoms with van der Waals surface area (Å²) in [5, 5.41) is 4.44. The first kappa shape index (κ1) is 14.1. The van der Waals surface area contributed by atoms with E-state index in [4.69, 9.17) is 10.5 Å². The molecule has 0 saturated carbocycles. The minimum absolute atomic E-state index is 0.492. The maximum absolute atomic E-state index is 5.78. The van der Waals surface area contributed by atoms with E-state index >= 15 is 0 Å². The van der Waals surface area contributed by atoms with E-state index in [9.17, 15) is 0 Å². The molecule has 0 spiro atoms. The number of ether oxygens (including phenoxy) is 1. The zero-order chi connectivity index (χ0) is 13.8. The van der Waals surface area contributed by atoms with Crippen LogP contribution in [0, 0.1) is 0 Å². The van der Waals surface area contributed by atoms with Crippen molar-refractivity contribution >= 4 is 15.9 Å². The molecule has 0 bridgehead atoms. The Morgan fingerprint density at radius 2 is 2.00 bits per heavy atom. The Bertz CT molecular complexity index is 549. The van der Waals surface area contributed by atoms with Gasteiger partial charge in [-0.05, 0) is 40.0 Å². The molecule has 0 unspecified atom stereocenters. The zero-order valence-electron chi connectivity index (χ0n) is 11.2. The largest absolute Gasteiger partial charge is 0.487 e. The summed E-state index contributed by atoms with van der Waals surface area (Å²) in [5.41, 5.74) is 8.76. The molecule has 0 fully saturated rings. The molecule has 19 heavy (non-hydrogen) atoms. The van der Waals surface area contributed by atoms with Gasteiger partial charge < -0.3 is 10.5 Å². The molecule has 2 N–H and O–H groups in total. The average Bonchev–Trinajstić information content (AvgIpc) is 2.72. The highest BCUT2D eigenvalue weighted by molar-refractivity contribution is 9.10. The molecule has 0 atom stereocenters. The third-order valence-corrected chi connectivity index (χ3v) is 3.95. The van der Waals surface area contributed by atoms with Crippen LogP contribution >= 0.6 is 15.9 Å². The van der Waals surface area contributed by atoms with Crippen LogP contribution in [0.25, 0.3) is 0 Å². The second-order valence-electron chi connectivity index (χ2n) is 4.32. The number of rotatable bonds is 5. The first-order valence-corrected chi connectivity index (χ1v) is 7.07. The molecule has 0 aliphatic heterocycles. The number of aromatic nitrogens is 2. The van der Waals surface area contributed by atoms with Crippen LogP contribution in [0.15, 0.2) is 28.7 Å². The number of hydrogen-bond acceptors (Lipinski definition) is 3. The van der Waals surface area contributed by atoms with Crippen LogP contribution < -0.4 is 10.5 Å². The number of halogens is 1. The maximum Gasteiger partial charge on any atom is 0.131 e. The van der Waals surface area contributed by atoms with E-state index in [0.717, 1.165) is 33.6 Å². The van der Waals surface area contributed by atoms with Gasteiger partial charge >= 0.3 is 0 Å². The lowest BCUT2D eigenvalue weighted by atomic mass is 10.2. The van der Waals surface area contributed by atoms with Crippen LogP contribution in [0.4, 0.5) is 0 Å². The fourth-order valence-corrected chi connectivity index (χ4v) is 2.58. The van der Waals surface area contributed by atoms with Gasteiger partial charge in [-0.15, -0.1) is 0 Å². The average molecular weight is 324 g/mol. The summed E-state index contributed by atoms with van der Waals surface area (Å²) >= 11 is 3.58. The van der Waals surface area contributed by atoms with Gasteiger partial charge in [-0.1, -0.05) is 19.1 Å². The third-order valence-electron chi connectivity index (χ3n) is 3.04. The minimum Gasteiger partial charge on any atom is -0.487 e. The zero-order valence-corrected chi connectivity index (χ0v) is 12.8. The van der Waals surface area contributed by atoms with Gasteiger partial charge in [0.1, 0.15) is 12.4 Å². The molecular formula is C14H18BrN3O. The molecule has 1 aromatic heterocycles. The minimum atomic E-state index is 0.492. The molecule has 4 nitrogen and oxygen atoms in total. The van der Waals surface area contributed by atoms with Gasteiger partial charge in [-0.2, -0.15) is 5.10 Å². The van der Waals surface area contributed by atoms with Crippen molar-refractivity contribution in [3.8, 4) is 5.75 Å².